The van der Waals surface area contributed by atoms with Gasteiger partial charge in [0.05, 0.1) is 22.5 Å². The van der Waals surface area contributed by atoms with Gasteiger partial charge in [-0.2, -0.15) is 5.10 Å². The van der Waals surface area contributed by atoms with E-state index in [9.17, 15) is 0 Å². The van der Waals surface area contributed by atoms with Crippen LogP contribution >= 0.6 is 0 Å². The molecule has 0 spiro atoms. The molecule has 5 aromatic rings. The van der Waals surface area contributed by atoms with Crippen molar-refractivity contribution in [2.24, 2.45) is 0 Å². The number of H-pyrrole nitrogens is 1. The molecule has 4 heterocycles. The van der Waals surface area contributed by atoms with E-state index < -0.39 is 0 Å². The zero-order chi connectivity index (χ0) is 29.2. The van der Waals surface area contributed by atoms with Crippen molar-refractivity contribution in [1.82, 2.24) is 39.5 Å². The van der Waals surface area contributed by atoms with Crippen LogP contribution in [0.15, 0.2) is 54.9 Å². The Morgan fingerprint density at radius 2 is 1.74 bits per heavy atom. The van der Waals surface area contributed by atoms with Gasteiger partial charge < -0.3 is 20.4 Å². The third kappa shape index (κ3) is 5.87. The summed E-state index contributed by atoms with van der Waals surface area (Å²) in [6.07, 6.45) is 7.95. The normalized spacial score (nSPS) is 20.3. The zero-order valence-electron chi connectivity index (χ0n) is 25.0. The number of anilines is 1. The van der Waals surface area contributed by atoms with E-state index >= 15 is 0 Å². The number of rotatable bonds is 9. The van der Waals surface area contributed by atoms with Gasteiger partial charge in [-0.15, -0.1) is 0 Å². The van der Waals surface area contributed by atoms with Gasteiger partial charge in [-0.05, 0) is 49.8 Å². The molecule has 1 saturated carbocycles. The van der Waals surface area contributed by atoms with E-state index in [2.05, 4.69) is 71.9 Å². The van der Waals surface area contributed by atoms with Crippen LogP contribution in [0.5, 0.6) is 0 Å². The molecule has 2 aliphatic rings. The number of imidazole rings is 1. The number of hydrogen-bond donors (Lipinski definition) is 2. The van der Waals surface area contributed by atoms with Crippen molar-refractivity contribution in [3.8, 4) is 11.3 Å². The van der Waals surface area contributed by atoms with Crippen LogP contribution in [-0.2, 0) is 11.2 Å². The molecule has 1 aliphatic carbocycles. The van der Waals surface area contributed by atoms with Gasteiger partial charge in [0.1, 0.15) is 23.7 Å². The van der Waals surface area contributed by atoms with Crippen LogP contribution in [0.4, 0.5) is 5.82 Å². The maximum atomic E-state index is 6.47. The molecule has 1 saturated heterocycles. The first-order chi connectivity index (χ1) is 21.2. The van der Waals surface area contributed by atoms with Gasteiger partial charge in [0, 0.05) is 64.5 Å². The molecule has 2 fully saturated rings. The van der Waals surface area contributed by atoms with Crippen molar-refractivity contribution in [3.05, 3.63) is 66.2 Å². The Labute approximate surface area is 252 Å². The van der Waals surface area contributed by atoms with E-state index in [1.54, 1.807) is 13.4 Å². The van der Waals surface area contributed by atoms with Gasteiger partial charge in [0.25, 0.3) is 0 Å². The number of methoxy groups -OCH3 is 1. The van der Waals surface area contributed by atoms with Crippen molar-refractivity contribution in [3.63, 3.8) is 0 Å². The molecule has 0 bridgehead atoms. The van der Waals surface area contributed by atoms with Crippen molar-refractivity contribution < 1.29 is 4.74 Å². The van der Waals surface area contributed by atoms with Crippen LogP contribution in [0.1, 0.15) is 49.5 Å². The largest absolute Gasteiger partial charge is 0.385 e. The summed E-state index contributed by atoms with van der Waals surface area (Å²) < 4.78 is 7.36. The number of benzene rings is 2. The molecule has 0 radical (unpaired) electrons. The van der Waals surface area contributed by atoms with E-state index in [4.69, 9.17) is 20.6 Å². The predicted octanol–water partition coefficient (Wildman–Crippen LogP) is 4.68. The predicted molar refractivity (Wildman–Crippen MR) is 170 cm³/mol. The molecule has 0 atom stereocenters. The van der Waals surface area contributed by atoms with Crippen molar-refractivity contribution in [2.45, 2.75) is 50.6 Å². The Balaban J connectivity index is 1.08. The fourth-order valence-corrected chi connectivity index (χ4v) is 6.98. The highest BCUT2D eigenvalue weighted by Gasteiger charge is 2.31. The summed E-state index contributed by atoms with van der Waals surface area (Å²) in [5.41, 5.74) is 12.3. The summed E-state index contributed by atoms with van der Waals surface area (Å²) in [6.45, 7) is 6.60. The molecule has 7 rings (SSSR count). The first-order valence-electron chi connectivity index (χ1n) is 15.6. The Morgan fingerprint density at radius 3 is 2.53 bits per heavy atom. The Kier molecular flexibility index (Phi) is 8.06. The Hall–Kier alpha value is -3.86. The molecule has 3 aromatic heterocycles. The summed E-state index contributed by atoms with van der Waals surface area (Å²) in [5, 5.41) is 6.00. The number of nitrogens with one attached hydrogen (secondary N) is 1. The number of hydrogen-bond acceptors (Lipinski definition) is 8. The van der Waals surface area contributed by atoms with Crippen LogP contribution in [0, 0.1) is 0 Å². The minimum atomic E-state index is 0.295. The van der Waals surface area contributed by atoms with Crippen LogP contribution in [0.2, 0.25) is 0 Å². The van der Waals surface area contributed by atoms with Crippen molar-refractivity contribution in [1.29, 1.82) is 0 Å². The van der Waals surface area contributed by atoms with Gasteiger partial charge >= 0.3 is 0 Å². The molecule has 2 aromatic carbocycles. The lowest BCUT2D eigenvalue weighted by Crippen LogP contribution is -2.51. The van der Waals surface area contributed by atoms with Gasteiger partial charge in [-0.25, -0.2) is 19.6 Å². The van der Waals surface area contributed by atoms with Gasteiger partial charge in [-0.1, -0.05) is 36.4 Å². The zero-order valence-corrected chi connectivity index (χ0v) is 25.0. The second-order valence-electron chi connectivity index (χ2n) is 12.0. The van der Waals surface area contributed by atoms with Gasteiger partial charge in [0.2, 0.25) is 0 Å². The fraction of sp³-hybridized carbons (Fsp3) is 0.455. The van der Waals surface area contributed by atoms with E-state index in [1.165, 1.54) is 18.4 Å². The number of ether oxygens (including phenoxy) is 1. The summed E-state index contributed by atoms with van der Waals surface area (Å²) in [6, 6.07) is 17.6. The molecular weight excluding hydrogens is 538 g/mol. The van der Waals surface area contributed by atoms with Gasteiger partial charge in [-0.3, -0.25) is 4.90 Å². The summed E-state index contributed by atoms with van der Waals surface area (Å²) in [7, 11) is 1.78. The minimum absolute atomic E-state index is 0.295. The molecule has 43 heavy (non-hydrogen) atoms. The fourth-order valence-electron chi connectivity index (χ4n) is 6.98. The maximum Gasteiger partial charge on any atom is 0.164 e. The van der Waals surface area contributed by atoms with Crippen LogP contribution in [0.25, 0.3) is 33.3 Å². The smallest absolute Gasteiger partial charge is 0.164 e. The third-order valence-corrected chi connectivity index (χ3v) is 9.30. The number of fused-ring (bicyclic) bond motifs is 2. The van der Waals surface area contributed by atoms with E-state index in [0.29, 0.717) is 17.9 Å². The topological polar surface area (TPSA) is 114 Å². The van der Waals surface area contributed by atoms with E-state index in [-0.39, 0.29) is 0 Å². The summed E-state index contributed by atoms with van der Waals surface area (Å²) in [5.74, 6) is 1.41. The summed E-state index contributed by atoms with van der Waals surface area (Å²) in [4.78, 5) is 22.7. The number of nitrogens with two attached hydrogens (primary N) is 1. The average molecular weight is 580 g/mol. The molecule has 10 heteroatoms. The highest BCUT2D eigenvalue weighted by Crippen LogP contribution is 2.37. The molecule has 1 aliphatic heterocycles. The van der Waals surface area contributed by atoms with Crippen molar-refractivity contribution in [2.75, 3.05) is 52.2 Å². The lowest BCUT2D eigenvalue weighted by Gasteiger charge is -2.42. The van der Waals surface area contributed by atoms with Crippen molar-refractivity contribution >= 4 is 27.9 Å². The van der Waals surface area contributed by atoms with Crippen LogP contribution in [0.3, 0.4) is 0 Å². The standard InChI is InChI=1S/C33H41N9O/c1-43-19-5-14-40-15-17-41(18-16-40)25-9-11-26(12-10-25)42-33-30(32(34)35-22-36-33)31(39-42)24-8-13-27-28(21-24)38-29(37-27)20-23-6-3-2-4-7-23/h2-4,6-8,13,21-22,25-26H,5,9-12,14-20H2,1H3,(H,37,38)(H2,34,35,36)/t25-,26+. The Bertz CT molecular complexity index is 1660. The average Bonchev–Trinajstić information content (AvgIpc) is 3.64. The highest BCUT2D eigenvalue weighted by atomic mass is 16.5. The number of nitrogens with zero attached hydrogens (tertiary/aromatic N) is 7. The quantitative estimate of drug-likeness (QED) is 0.242. The number of aromatic amines is 1. The molecule has 224 valence electrons. The van der Waals surface area contributed by atoms with Crippen LogP contribution < -0.4 is 5.73 Å². The summed E-state index contributed by atoms with van der Waals surface area (Å²) >= 11 is 0. The lowest BCUT2D eigenvalue weighted by atomic mass is 9.90. The SMILES string of the molecule is COCCCN1CCN([C@H]2CC[C@@H](n3nc(-c4ccc5[nH]c(Cc6ccccc6)nc5c4)c4c(N)ncnc43)CC2)CC1. The van der Waals surface area contributed by atoms with Crippen LogP contribution in [-0.4, -0.2) is 92.0 Å². The molecule has 0 unspecified atom stereocenters. The van der Waals surface area contributed by atoms with Gasteiger partial charge in [0.15, 0.2) is 5.65 Å². The minimum Gasteiger partial charge on any atom is -0.385 e. The number of aromatic nitrogens is 6. The molecule has 0 amide bonds. The lowest BCUT2D eigenvalue weighted by molar-refractivity contribution is 0.0662. The number of nitrogen functional groups attached to an aromatic ring is 1. The molecular formula is C33H41N9O. The first kappa shape index (κ1) is 27.9. The van der Waals surface area contributed by atoms with E-state index in [0.717, 1.165) is 104 Å². The van der Waals surface area contributed by atoms with E-state index in [1.807, 2.05) is 6.07 Å². The first-order valence-corrected chi connectivity index (χ1v) is 15.6. The maximum absolute atomic E-state index is 6.47. The monoisotopic (exact) mass is 579 g/mol. The molecule has 3 N–H and O–H groups in total. The Morgan fingerprint density at radius 1 is 0.953 bits per heavy atom. The molecule has 10 nitrogen and oxygen atoms in total. The third-order valence-electron chi connectivity index (χ3n) is 9.30. The second kappa shape index (κ2) is 12.4. The highest BCUT2D eigenvalue weighted by molar-refractivity contribution is 5.99. The number of piperazine rings is 1. The second-order valence-corrected chi connectivity index (χ2v) is 12.0.